The second kappa shape index (κ2) is 1.47. The highest BCUT2D eigenvalue weighted by molar-refractivity contribution is 4.93. The molecule has 8 heavy (non-hydrogen) atoms. The molecule has 0 aromatic rings. The first-order valence-electron chi connectivity index (χ1n) is 3.62. The minimum absolute atomic E-state index is 0.593. The molecule has 0 amide bonds. The Hall–Kier alpha value is -0.0400. The van der Waals surface area contributed by atoms with E-state index in [9.17, 15) is 0 Å². The zero-order valence-corrected chi connectivity index (χ0v) is 5.14. The molecular weight excluding hydrogens is 98.1 g/mol. The van der Waals surface area contributed by atoms with Crippen LogP contribution in [0.15, 0.2) is 0 Å². The topological polar surface area (TPSA) is 26.0 Å². The van der Waals surface area contributed by atoms with Gasteiger partial charge in [0.05, 0.1) is 0 Å². The highest BCUT2D eigenvalue weighted by Gasteiger charge is 2.37. The van der Waals surface area contributed by atoms with Crippen molar-refractivity contribution in [3.8, 4) is 0 Å². The zero-order chi connectivity index (χ0) is 5.56. The van der Waals surface area contributed by atoms with E-state index < -0.39 is 0 Å². The predicted molar refractivity (Wildman–Crippen MR) is 33.4 cm³/mol. The van der Waals surface area contributed by atoms with Crippen molar-refractivity contribution in [3.05, 3.63) is 0 Å². The Kier molecular flexibility index (Phi) is 0.884. The summed E-state index contributed by atoms with van der Waals surface area (Å²) in [4.78, 5) is 0. The summed E-state index contributed by atoms with van der Waals surface area (Å²) < 4.78 is 0. The molecule has 0 bridgehead atoms. The van der Waals surface area contributed by atoms with Crippen molar-refractivity contribution in [1.82, 2.24) is 0 Å². The molecule has 1 nitrogen and oxygen atoms in total. The van der Waals surface area contributed by atoms with Crippen LogP contribution in [0.1, 0.15) is 25.7 Å². The Labute approximate surface area is 50.3 Å². The molecule has 2 rings (SSSR count). The molecule has 2 aliphatic carbocycles. The van der Waals surface area contributed by atoms with Gasteiger partial charge in [0, 0.05) is 6.04 Å². The van der Waals surface area contributed by atoms with Gasteiger partial charge in [-0.1, -0.05) is 12.8 Å². The highest BCUT2D eigenvalue weighted by atomic mass is 14.7. The van der Waals surface area contributed by atoms with E-state index in [2.05, 4.69) is 0 Å². The van der Waals surface area contributed by atoms with Crippen LogP contribution in [0.25, 0.3) is 0 Å². The lowest BCUT2D eigenvalue weighted by Crippen LogP contribution is -2.01. The lowest BCUT2D eigenvalue weighted by molar-refractivity contribution is 0.634. The fourth-order valence-corrected chi connectivity index (χ4v) is 1.32. The van der Waals surface area contributed by atoms with E-state index in [1.165, 1.54) is 25.7 Å². The van der Waals surface area contributed by atoms with Gasteiger partial charge in [-0.15, -0.1) is 0 Å². The van der Waals surface area contributed by atoms with Gasteiger partial charge < -0.3 is 5.73 Å². The van der Waals surface area contributed by atoms with Crippen LogP contribution >= 0.6 is 0 Å². The second-order valence-electron chi connectivity index (χ2n) is 3.34. The molecule has 0 saturated heterocycles. The minimum Gasteiger partial charge on any atom is -0.327 e. The molecule has 46 valence electrons. The van der Waals surface area contributed by atoms with Crippen molar-refractivity contribution >= 4 is 0 Å². The molecule has 0 spiro atoms. The molecule has 0 aromatic carbocycles. The van der Waals surface area contributed by atoms with Gasteiger partial charge in [-0.2, -0.15) is 0 Å². The van der Waals surface area contributed by atoms with Crippen LogP contribution in [0, 0.1) is 11.8 Å². The van der Waals surface area contributed by atoms with Crippen LogP contribution in [0.3, 0.4) is 0 Å². The fraction of sp³-hybridized carbons (Fsp3) is 1.00. The summed E-state index contributed by atoms with van der Waals surface area (Å²) >= 11 is 0. The van der Waals surface area contributed by atoms with E-state index in [0.717, 1.165) is 11.8 Å². The van der Waals surface area contributed by atoms with E-state index in [0.29, 0.717) is 6.04 Å². The van der Waals surface area contributed by atoms with Crippen molar-refractivity contribution in [2.45, 2.75) is 31.7 Å². The number of hydrogen-bond donors (Lipinski definition) is 1. The first kappa shape index (κ1) is 4.80. The Morgan fingerprint density at radius 2 is 2.00 bits per heavy atom. The number of rotatable bonds is 2. The summed E-state index contributed by atoms with van der Waals surface area (Å²) in [6, 6.07) is 0.593. The highest BCUT2D eigenvalue weighted by Crippen LogP contribution is 2.43. The summed E-state index contributed by atoms with van der Waals surface area (Å²) in [5.41, 5.74) is 5.64. The van der Waals surface area contributed by atoms with Crippen LogP contribution in [-0.2, 0) is 0 Å². The van der Waals surface area contributed by atoms with Gasteiger partial charge in [-0.25, -0.2) is 0 Å². The maximum atomic E-state index is 5.64. The van der Waals surface area contributed by atoms with Crippen LogP contribution in [0.4, 0.5) is 0 Å². The molecule has 0 radical (unpaired) electrons. The Morgan fingerprint density at radius 3 is 2.38 bits per heavy atom. The number of nitrogens with two attached hydrogens (primary N) is 1. The fourth-order valence-electron chi connectivity index (χ4n) is 1.32. The Morgan fingerprint density at radius 1 is 1.38 bits per heavy atom. The van der Waals surface area contributed by atoms with Gasteiger partial charge in [0.1, 0.15) is 0 Å². The van der Waals surface area contributed by atoms with Crippen LogP contribution < -0.4 is 5.73 Å². The summed E-state index contributed by atoms with van der Waals surface area (Å²) in [5.74, 6) is 2.02. The standard InChI is InChI=1S/C7H13N/c8-7-4-6(7)3-5-1-2-5/h5-7H,1-4,8H2/t6-,7-/m1/s1. The van der Waals surface area contributed by atoms with E-state index in [1.54, 1.807) is 0 Å². The molecule has 0 aliphatic heterocycles. The smallest absolute Gasteiger partial charge is 0.00710 e. The largest absolute Gasteiger partial charge is 0.327 e. The summed E-state index contributed by atoms with van der Waals surface area (Å²) in [7, 11) is 0. The summed E-state index contributed by atoms with van der Waals surface area (Å²) in [6.07, 6.45) is 5.74. The quantitative estimate of drug-likeness (QED) is 0.568. The van der Waals surface area contributed by atoms with Crippen molar-refractivity contribution < 1.29 is 0 Å². The van der Waals surface area contributed by atoms with Crippen molar-refractivity contribution in [1.29, 1.82) is 0 Å². The minimum atomic E-state index is 0.593. The average molecular weight is 111 g/mol. The van der Waals surface area contributed by atoms with Gasteiger partial charge in [0.15, 0.2) is 0 Å². The average Bonchev–Trinajstić information content (AvgIpc) is 2.52. The Bertz CT molecular complexity index is 96.6. The molecule has 0 heterocycles. The normalized spacial score (nSPS) is 44.6. The third-order valence-electron chi connectivity index (χ3n) is 2.31. The summed E-state index contributed by atoms with van der Waals surface area (Å²) in [6.45, 7) is 0. The zero-order valence-electron chi connectivity index (χ0n) is 5.14. The third-order valence-corrected chi connectivity index (χ3v) is 2.31. The lowest BCUT2D eigenvalue weighted by Gasteiger charge is -1.89. The molecule has 0 unspecified atom stereocenters. The Balaban J connectivity index is 1.69. The first-order chi connectivity index (χ1) is 3.86. The number of hydrogen-bond acceptors (Lipinski definition) is 1. The van der Waals surface area contributed by atoms with Gasteiger partial charge in [-0.3, -0.25) is 0 Å². The maximum Gasteiger partial charge on any atom is 0.00710 e. The van der Waals surface area contributed by atoms with Crippen molar-refractivity contribution in [2.75, 3.05) is 0 Å². The van der Waals surface area contributed by atoms with Crippen LogP contribution in [-0.4, -0.2) is 6.04 Å². The maximum absolute atomic E-state index is 5.64. The van der Waals surface area contributed by atoms with Crippen LogP contribution in [0.2, 0.25) is 0 Å². The van der Waals surface area contributed by atoms with E-state index >= 15 is 0 Å². The summed E-state index contributed by atoms with van der Waals surface area (Å²) in [5, 5.41) is 0. The van der Waals surface area contributed by atoms with Gasteiger partial charge in [-0.05, 0) is 24.7 Å². The van der Waals surface area contributed by atoms with Gasteiger partial charge >= 0.3 is 0 Å². The van der Waals surface area contributed by atoms with E-state index in [1.807, 2.05) is 0 Å². The molecule has 1 heteroatoms. The van der Waals surface area contributed by atoms with Crippen molar-refractivity contribution in [2.24, 2.45) is 17.6 Å². The van der Waals surface area contributed by atoms with Crippen LogP contribution in [0.5, 0.6) is 0 Å². The predicted octanol–water partition coefficient (Wildman–Crippen LogP) is 1.13. The van der Waals surface area contributed by atoms with Gasteiger partial charge in [0.25, 0.3) is 0 Å². The SMILES string of the molecule is N[C@@H]1C[C@H]1CC1CC1. The van der Waals surface area contributed by atoms with E-state index in [4.69, 9.17) is 5.73 Å². The van der Waals surface area contributed by atoms with Gasteiger partial charge in [0.2, 0.25) is 0 Å². The molecule has 2 atom stereocenters. The second-order valence-corrected chi connectivity index (χ2v) is 3.34. The molecule has 0 aromatic heterocycles. The van der Waals surface area contributed by atoms with E-state index in [-0.39, 0.29) is 0 Å². The van der Waals surface area contributed by atoms with Crippen molar-refractivity contribution in [3.63, 3.8) is 0 Å². The molecule has 2 fully saturated rings. The first-order valence-corrected chi connectivity index (χ1v) is 3.62. The molecular formula is C7H13N. The monoisotopic (exact) mass is 111 g/mol. The molecule has 2 N–H and O–H groups in total. The molecule has 2 saturated carbocycles. The lowest BCUT2D eigenvalue weighted by atomic mass is 10.2. The third kappa shape index (κ3) is 0.873. The molecule has 2 aliphatic rings.